The van der Waals surface area contributed by atoms with Crippen molar-refractivity contribution >= 4 is 28.8 Å². The maximum atomic E-state index is 13.0. The van der Waals surface area contributed by atoms with E-state index in [1.807, 2.05) is 18.2 Å². The zero-order valence-corrected chi connectivity index (χ0v) is 23.0. The van der Waals surface area contributed by atoms with E-state index in [4.69, 9.17) is 18.9 Å². The number of ether oxygens (including phenoxy) is 4. The van der Waals surface area contributed by atoms with Gasteiger partial charge in [-0.05, 0) is 57.7 Å². The van der Waals surface area contributed by atoms with Crippen molar-refractivity contribution < 1.29 is 33.3 Å². The molecule has 210 valence electrons. The number of carbonyl (C=O) groups excluding carboxylic acids is 3. The fourth-order valence-electron chi connectivity index (χ4n) is 4.35. The Morgan fingerprint density at radius 2 is 1.61 bits per heavy atom. The summed E-state index contributed by atoms with van der Waals surface area (Å²) in [7, 11) is 3.15. The molecule has 2 aromatic rings. The molecule has 0 spiro atoms. The molecule has 38 heavy (non-hydrogen) atoms. The summed E-state index contributed by atoms with van der Waals surface area (Å²) in [5, 5.41) is 0. The second-order valence-electron chi connectivity index (χ2n) is 10.3. The molecule has 3 rings (SSSR count). The molecule has 0 aliphatic carbocycles. The molecule has 2 heterocycles. The Kier molecular flexibility index (Phi) is 10.2. The smallest absolute Gasteiger partial charge is 0.332 e. The van der Waals surface area contributed by atoms with Crippen molar-refractivity contribution in [3.8, 4) is 0 Å². The summed E-state index contributed by atoms with van der Waals surface area (Å²) < 4.78 is 24.5. The van der Waals surface area contributed by atoms with Gasteiger partial charge in [0.25, 0.3) is 5.91 Å². The van der Waals surface area contributed by atoms with E-state index in [1.165, 1.54) is 11.6 Å². The summed E-state index contributed by atoms with van der Waals surface area (Å²) in [6.45, 7) is 7.43. The topological polar surface area (TPSA) is 118 Å². The lowest BCUT2D eigenvalue weighted by Gasteiger charge is -2.28. The van der Waals surface area contributed by atoms with Gasteiger partial charge in [0, 0.05) is 27.1 Å². The number of likely N-dealkylation sites (N-methyl/N-ethyl adjacent to an activating group) is 1. The molecule has 11 heteroatoms. The van der Waals surface area contributed by atoms with E-state index in [-0.39, 0.29) is 30.5 Å². The molecule has 1 aliphatic rings. The number of imide groups is 1. The van der Waals surface area contributed by atoms with E-state index in [0.29, 0.717) is 45.0 Å². The minimum atomic E-state index is -0.674. The average Bonchev–Trinajstić information content (AvgIpc) is 3.09. The number of aromatic nitrogens is 2. The highest BCUT2D eigenvalue weighted by Crippen LogP contribution is 2.26. The van der Waals surface area contributed by atoms with Crippen LogP contribution in [-0.4, -0.2) is 84.1 Å². The van der Waals surface area contributed by atoms with Crippen LogP contribution in [0.1, 0.15) is 51.6 Å². The van der Waals surface area contributed by atoms with Gasteiger partial charge in [0.15, 0.2) is 0 Å². The number of hydrogen-bond donors (Lipinski definition) is 0. The largest absolute Gasteiger partial charge is 0.458 e. The van der Waals surface area contributed by atoms with Crippen LogP contribution in [0.25, 0.3) is 11.0 Å². The Bertz CT molecular complexity index is 1190. The van der Waals surface area contributed by atoms with Crippen LogP contribution < -0.4 is 5.69 Å². The fourth-order valence-corrected chi connectivity index (χ4v) is 4.35. The molecule has 0 N–H and O–H groups in total. The number of carbonyl (C=O) groups is 3. The molecule has 1 saturated heterocycles. The predicted octanol–water partition coefficient (Wildman–Crippen LogP) is 1.98. The Labute approximate surface area is 222 Å². The van der Waals surface area contributed by atoms with Crippen LogP contribution in [0.2, 0.25) is 0 Å². The number of rotatable bonds is 13. The number of aryl methyl sites for hydroxylation is 2. The quantitative estimate of drug-likeness (QED) is 0.218. The van der Waals surface area contributed by atoms with Crippen molar-refractivity contribution in [3.63, 3.8) is 0 Å². The van der Waals surface area contributed by atoms with E-state index < -0.39 is 17.6 Å². The first-order valence-corrected chi connectivity index (χ1v) is 12.9. The van der Waals surface area contributed by atoms with Gasteiger partial charge >= 0.3 is 11.7 Å². The lowest BCUT2D eigenvalue weighted by molar-refractivity contribution is -0.160. The summed E-state index contributed by atoms with van der Waals surface area (Å²) >= 11 is 0. The standard InChI is InChI=1S/C27H39N3O8/c1-27(2,3)38-24(32)18-37-16-15-36-14-13-35-12-6-7-19-8-9-20-22(17-19)28(4)26(34)30(20)21-10-11-23(31)29(5)25(21)33/h8-9,17,21H,6-7,10-16,18H2,1-5H3. The Hall–Kier alpha value is -3.02. The van der Waals surface area contributed by atoms with Crippen molar-refractivity contribution in [3.05, 3.63) is 34.2 Å². The van der Waals surface area contributed by atoms with Crippen LogP contribution in [0.5, 0.6) is 0 Å². The molecular formula is C27H39N3O8. The summed E-state index contributed by atoms with van der Waals surface area (Å²) in [4.78, 5) is 50.1. The first-order chi connectivity index (χ1) is 18.0. The summed E-state index contributed by atoms with van der Waals surface area (Å²) in [5.41, 5.74) is 1.71. The molecule has 1 atom stereocenters. The molecule has 2 amide bonds. The van der Waals surface area contributed by atoms with E-state index in [2.05, 4.69) is 0 Å². The zero-order chi connectivity index (χ0) is 27.9. The third-order valence-corrected chi connectivity index (χ3v) is 6.22. The Balaban J connectivity index is 1.37. The highest BCUT2D eigenvalue weighted by atomic mass is 16.6. The van der Waals surface area contributed by atoms with Crippen molar-refractivity contribution in [2.24, 2.45) is 7.05 Å². The van der Waals surface area contributed by atoms with E-state index in [9.17, 15) is 19.2 Å². The van der Waals surface area contributed by atoms with Crippen LogP contribution in [0.3, 0.4) is 0 Å². The second-order valence-corrected chi connectivity index (χ2v) is 10.3. The summed E-state index contributed by atoms with van der Waals surface area (Å²) in [6.07, 6.45) is 2.13. The summed E-state index contributed by atoms with van der Waals surface area (Å²) in [6, 6.07) is 5.12. The lowest BCUT2D eigenvalue weighted by atomic mass is 10.0. The van der Waals surface area contributed by atoms with Crippen molar-refractivity contribution in [1.82, 2.24) is 14.0 Å². The van der Waals surface area contributed by atoms with Gasteiger partial charge in [0.05, 0.1) is 37.5 Å². The Morgan fingerprint density at radius 3 is 2.29 bits per heavy atom. The molecule has 1 fully saturated rings. The third-order valence-electron chi connectivity index (χ3n) is 6.22. The maximum absolute atomic E-state index is 13.0. The lowest BCUT2D eigenvalue weighted by Crippen LogP contribution is -2.45. The molecule has 0 radical (unpaired) electrons. The molecule has 1 unspecified atom stereocenters. The third kappa shape index (κ3) is 7.75. The molecule has 1 aliphatic heterocycles. The van der Waals surface area contributed by atoms with Gasteiger partial charge in [-0.3, -0.25) is 23.6 Å². The number of imidazole rings is 1. The van der Waals surface area contributed by atoms with Crippen LogP contribution >= 0.6 is 0 Å². The Morgan fingerprint density at radius 1 is 0.947 bits per heavy atom. The first-order valence-electron chi connectivity index (χ1n) is 12.9. The van der Waals surface area contributed by atoms with Gasteiger partial charge < -0.3 is 18.9 Å². The van der Waals surface area contributed by atoms with Crippen LogP contribution in [-0.2, 0) is 46.8 Å². The first kappa shape index (κ1) is 29.5. The molecule has 0 saturated carbocycles. The highest BCUT2D eigenvalue weighted by Gasteiger charge is 2.35. The normalized spacial score (nSPS) is 16.4. The monoisotopic (exact) mass is 533 g/mol. The number of amides is 2. The van der Waals surface area contributed by atoms with Gasteiger partial charge in [0.2, 0.25) is 5.91 Å². The molecule has 1 aromatic heterocycles. The minimum Gasteiger partial charge on any atom is -0.458 e. The van der Waals surface area contributed by atoms with Gasteiger partial charge in [0.1, 0.15) is 18.2 Å². The van der Waals surface area contributed by atoms with E-state index in [1.54, 1.807) is 32.4 Å². The van der Waals surface area contributed by atoms with Gasteiger partial charge in [-0.2, -0.15) is 0 Å². The van der Waals surface area contributed by atoms with Crippen LogP contribution in [0, 0.1) is 0 Å². The number of fused-ring (bicyclic) bond motifs is 1. The predicted molar refractivity (Wildman–Crippen MR) is 140 cm³/mol. The fraction of sp³-hybridized carbons (Fsp3) is 0.630. The molecule has 0 bridgehead atoms. The van der Waals surface area contributed by atoms with Crippen molar-refractivity contribution in [2.75, 3.05) is 46.7 Å². The minimum absolute atomic E-state index is 0.0983. The second kappa shape index (κ2) is 13.2. The zero-order valence-electron chi connectivity index (χ0n) is 23.0. The highest BCUT2D eigenvalue weighted by molar-refractivity contribution is 5.99. The van der Waals surface area contributed by atoms with Crippen molar-refractivity contribution in [2.45, 2.75) is 58.1 Å². The number of likely N-dealkylation sites (tertiary alicyclic amines) is 1. The van der Waals surface area contributed by atoms with E-state index in [0.717, 1.165) is 28.8 Å². The number of nitrogens with zero attached hydrogens (tertiary/aromatic N) is 3. The van der Waals surface area contributed by atoms with Crippen molar-refractivity contribution in [1.29, 1.82) is 0 Å². The van der Waals surface area contributed by atoms with Gasteiger partial charge in [-0.25, -0.2) is 9.59 Å². The van der Waals surface area contributed by atoms with E-state index >= 15 is 0 Å². The molecule has 1 aromatic carbocycles. The van der Waals surface area contributed by atoms with Crippen LogP contribution in [0.4, 0.5) is 0 Å². The SMILES string of the molecule is CN1C(=O)CCC(n2c(=O)n(C)c3cc(CCCOCCOCCOCC(=O)OC(C)(C)C)ccc32)C1=O. The number of esters is 1. The number of hydrogen-bond acceptors (Lipinski definition) is 8. The van der Waals surface area contributed by atoms with Crippen LogP contribution in [0.15, 0.2) is 23.0 Å². The number of piperidine rings is 1. The molecular weight excluding hydrogens is 494 g/mol. The average molecular weight is 534 g/mol. The maximum Gasteiger partial charge on any atom is 0.332 e. The van der Waals surface area contributed by atoms with Gasteiger partial charge in [-0.1, -0.05) is 6.07 Å². The number of benzene rings is 1. The summed E-state index contributed by atoms with van der Waals surface area (Å²) in [5.74, 6) is -0.973. The molecule has 11 nitrogen and oxygen atoms in total. The van der Waals surface area contributed by atoms with Gasteiger partial charge in [-0.15, -0.1) is 0 Å².